The van der Waals surface area contributed by atoms with Crippen LogP contribution in [0.5, 0.6) is 0 Å². The van der Waals surface area contributed by atoms with Gasteiger partial charge in [-0.1, -0.05) is 30.3 Å². The predicted octanol–water partition coefficient (Wildman–Crippen LogP) is -0.138. The highest BCUT2D eigenvalue weighted by Crippen LogP contribution is 2.18. The number of amides is 2. The molecule has 0 saturated carbocycles. The minimum Gasteiger partial charge on any atom is -0.379 e. The van der Waals surface area contributed by atoms with Gasteiger partial charge in [-0.25, -0.2) is 8.42 Å². The Hall–Kier alpha value is -2.69. The van der Waals surface area contributed by atoms with Gasteiger partial charge in [-0.2, -0.15) is 4.31 Å². The van der Waals surface area contributed by atoms with E-state index in [4.69, 9.17) is 10.5 Å². The summed E-state index contributed by atoms with van der Waals surface area (Å²) in [5.74, 6) is -1.28. The lowest BCUT2D eigenvalue weighted by Gasteiger charge is -2.25. The summed E-state index contributed by atoms with van der Waals surface area (Å²) in [4.78, 5) is 26.9. The summed E-state index contributed by atoms with van der Waals surface area (Å²) in [6, 6.07) is 9.47. The Labute approximate surface area is 162 Å². The topological polar surface area (TPSA) is 135 Å². The highest BCUT2D eigenvalue weighted by molar-refractivity contribution is 7.89. The summed E-state index contributed by atoms with van der Waals surface area (Å²) in [5.41, 5.74) is 6.28. The molecule has 3 rings (SSSR count). The van der Waals surface area contributed by atoms with E-state index in [1.807, 2.05) is 30.3 Å². The number of carbonyl (C=O) groups is 2. The number of morpholine rings is 1. The molecule has 1 atom stereocenters. The second-order valence-electron chi connectivity index (χ2n) is 6.38. The molecule has 1 fully saturated rings. The molecule has 2 aromatic rings. The highest BCUT2D eigenvalue weighted by atomic mass is 32.2. The van der Waals surface area contributed by atoms with Gasteiger partial charge in [-0.15, -0.1) is 0 Å². The number of hydrogen-bond donors (Lipinski definition) is 3. The van der Waals surface area contributed by atoms with Crippen molar-refractivity contribution in [3.63, 3.8) is 0 Å². The molecule has 10 heteroatoms. The van der Waals surface area contributed by atoms with E-state index < -0.39 is 27.9 Å². The number of nitrogens with two attached hydrogens (primary N) is 1. The lowest BCUT2D eigenvalue weighted by atomic mass is 10.1. The molecule has 150 valence electrons. The summed E-state index contributed by atoms with van der Waals surface area (Å²) in [6.45, 7) is 1.18. The van der Waals surface area contributed by atoms with E-state index in [1.54, 1.807) is 0 Å². The molecule has 0 spiro atoms. The minimum absolute atomic E-state index is 0.0155. The molecule has 1 aromatic carbocycles. The molecule has 2 heterocycles. The van der Waals surface area contributed by atoms with Crippen LogP contribution in [0.2, 0.25) is 0 Å². The summed E-state index contributed by atoms with van der Waals surface area (Å²) in [7, 11) is -3.72. The first kappa shape index (κ1) is 20.1. The fraction of sp³-hybridized carbons (Fsp3) is 0.333. The van der Waals surface area contributed by atoms with Crippen molar-refractivity contribution in [2.75, 3.05) is 26.3 Å². The van der Waals surface area contributed by atoms with Crippen LogP contribution in [0.3, 0.4) is 0 Å². The number of carbonyl (C=O) groups excluding carboxylic acids is 2. The molecule has 1 aliphatic heterocycles. The maximum atomic E-state index is 12.6. The normalized spacial score (nSPS) is 16.4. The maximum Gasteiger partial charge on any atom is 0.268 e. The molecule has 0 aliphatic carbocycles. The van der Waals surface area contributed by atoms with Crippen LogP contribution in [-0.2, 0) is 26.0 Å². The van der Waals surface area contributed by atoms with Crippen molar-refractivity contribution in [3.8, 4) is 0 Å². The van der Waals surface area contributed by atoms with E-state index in [0.29, 0.717) is 13.2 Å². The Bertz CT molecular complexity index is 936. The fourth-order valence-electron chi connectivity index (χ4n) is 2.90. The third-order valence-corrected chi connectivity index (χ3v) is 6.32. The van der Waals surface area contributed by atoms with Crippen LogP contribution in [-0.4, -0.2) is 61.9 Å². The number of aromatic nitrogens is 1. The standard InChI is InChI=1S/C18H22N4O5S/c19-17(23)15(10-13-4-2-1-3-5-13)21-18(24)16-11-14(12-20-16)28(25,26)22-6-8-27-9-7-22/h1-5,11-12,15,20H,6-10H2,(H2,19,23)(H,21,24). The first-order chi connectivity index (χ1) is 13.4. The van der Waals surface area contributed by atoms with Crippen molar-refractivity contribution < 1.29 is 22.7 Å². The smallest absolute Gasteiger partial charge is 0.268 e. The number of nitrogens with zero attached hydrogens (tertiary/aromatic N) is 1. The van der Waals surface area contributed by atoms with Crippen molar-refractivity contribution in [2.45, 2.75) is 17.4 Å². The molecule has 1 saturated heterocycles. The number of aromatic amines is 1. The summed E-state index contributed by atoms with van der Waals surface area (Å²) >= 11 is 0. The zero-order valence-electron chi connectivity index (χ0n) is 15.1. The van der Waals surface area contributed by atoms with E-state index in [1.165, 1.54) is 16.6 Å². The lowest BCUT2D eigenvalue weighted by molar-refractivity contribution is -0.119. The summed E-state index contributed by atoms with van der Waals surface area (Å²) < 4.78 is 31.8. The van der Waals surface area contributed by atoms with E-state index in [9.17, 15) is 18.0 Å². The van der Waals surface area contributed by atoms with Crippen LogP contribution in [0.25, 0.3) is 0 Å². The maximum absolute atomic E-state index is 12.6. The zero-order valence-corrected chi connectivity index (χ0v) is 15.9. The second-order valence-corrected chi connectivity index (χ2v) is 8.32. The van der Waals surface area contributed by atoms with E-state index in [2.05, 4.69) is 10.3 Å². The molecule has 0 radical (unpaired) electrons. The lowest BCUT2D eigenvalue weighted by Crippen LogP contribution is -2.46. The number of primary amides is 1. The third-order valence-electron chi connectivity index (χ3n) is 4.44. The predicted molar refractivity (Wildman–Crippen MR) is 101 cm³/mol. The molecular weight excluding hydrogens is 384 g/mol. The van der Waals surface area contributed by atoms with Crippen molar-refractivity contribution in [2.24, 2.45) is 5.73 Å². The Morgan fingerprint density at radius 1 is 1.21 bits per heavy atom. The first-order valence-electron chi connectivity index (χ1n) is 8.78. The van der Waals surface area contributed by atoms with Gasteiger partial charge < -0.3 is 20.8 Å². The molecule has 1 aliphatic rings. The Kier molecular flexibility index (Phi) is 6.12. The number of benzene rings is 1. The highest BCUT2D eigenvalue weighted by Gasteiger charge is 2.28. The van der Waals surface area contributed by atoms with E-state index in [0.717, 1.165) is 5.56 Å². The fourth-order valence-corrected chi connectivity index (χ4v) is 4.30. The quantitative estimate of drug-likeness (QED) is 0.588. The van der Waals surface area contributed by atoms with Crippen molar-refractivity contribution in [3.05, 3.63) is 53.9 Å². The van der Waals surface area contributed by atoms with Crippen molar-refractivity contribution in [1.29, 1.82) is 0 Å². The van der Waals surface area contributed by atoms with E-state index >= 15 is 0 Å². The van der Waals surface area contributed by atoms with Gasteiger partial charge in [0.1, 0.15) is 16.6 Å². The van der Waals surface area contributed by atoms with Gasteiger partial charge in [0.05, 0.1) is 13.2 Å². The minimum atomic E-state index is -3.72. The van der Waals surface area contributed by atoms with Crippen LogP contribution in [0, 0.1) is 0 Å². The Morgan fingerprint density at radius 3 is 2.54 bits per heavy atom. The number of rotatable bonds is 7. The molecule has 4 N–H and O–H groups in total. The number of H-pyrrole nitrogens is 1. The average Bonchev–Trinajstić information content (AvgIpc) is 3.20. The molecule has 1 aromatic heterocycles. The molecule has 2 amide bonds. The van der Waals surface area contributed by atoms with Gasteiger partial charge in [0, 0.05) is 25.7 Å². The number of sulfonamides is 1. The van der Waals surface area contributed by atoms with Gasteiger partial charge in [0.15, 0.2) is 0 Å². The Balaban J connectivity index is 1.71. The third kappa shape index (κ3) is 4.58. The van der Waals surface area contributed by atoms with Crippen LogP contribution in [0.1, 0.15) is 16.1 Å². The zero-order chi connectivity index (χ0) is 20.1. The van der Waals surface area contributed by atoms with Gasteiger partial charge in [0.25, 0.3) is 5.91 Å². The summed E-state index contributed by atoms with van der Waals surface area (Å²) in [5, 5.41) is 2.55. The van der Waals surface area contributed by atoms with Crippen LogP contribution < -0.4 is 11.1 Å². The van der Waals surface area contributed by atoms with Crippen LogP contribution in [0.4, 0.5) is 0 Å². The molecule has 1 unspecified atom stereocenters. The average molecular weight is 406 g/mol. The van der Waals surface area contributed by atoms with Gasteiger partial charge in [-0.05, 0) is 11.6 Å². The van der Waals surface area contributed by atoms with Gasteiger partial charge >= 0.3 is 0 Å². The van der Waals surface area contributed by atoms with Crippen LogP contribution in [0.15, 0.2) is 47.5 Å². The second kappa shape index (κ2) is 8.55. The van der Waals surface area contributed by atoms with Gasteiger partial charge in [0.2, 0.25) is 15.9 Å². The molecule has 9 nitrogen and oxygen atoms in total. The monoisotopic (exact) mass is 406 g/mol. The van der Waals surface area contributed by atoms with Gasteiger partial charge in [-0.3, -0.25) is 9.59 Å². The summed E-state index contributed by atoms with van der Waals surface area (Å²) in [6.07, 6.45) is 1.50. The van der Waals surface area contributed by atoms with Crippen molar-refractivity contribution in [1.82, 2.24) is 14.6 Å². The largest absolute Gasteiger partial charge is 0.379 e. The van der Waals surface area contributed by atoms with E-state index in [-0.39, 0.29) is 30.1 Å². The number of ether oxygens (including phenoxy) is 1. The van der Waals surface area contributed by atoms with Crippen LogP contribution >= 0.6 is 0 Å². The number of hydrogen-bond acceptors (Lipinski definition) is 5. The first-order valence-corrected chi connectivity index (χ1v) is 10.2. The molecule has 28 heavy (non-hydrogen) atoms. The van der Waals surface area contributed by atoms with Crippen molar-refractivity contribution >= 4 is 21.8 Å². The Morgan fingerprint density at radius 2 is 1.89 bits per heavy atom. The number of nitrogens with one attached hydrogen (secondary N) is 2. The SMILES string of the molecule is NC(=O)C(Cc1ccccc1)NC(=O)c1cc(S(=O)(=O)N2CCOCC2)c[nH]1. The molecular formula is C18H22N4O5S. The molecule has 0 bridgehead atoms.